The molecule has 0 spiro atoms. The molecule has 5 rings (SSSR count). The number of rotatable bonds is 4. The summed E-state index contributed by atoms with van der Waals surface area (Å²) in [5.41, 5.74) is 3.39. The first-order valence-corrected chi connectivity index (χ1v) is 8.92. The van der Waals surface area contributed by atoms with Gasteiger partial charge in [-0.05, 0) is 37.1 Å². The summed E-state index contributed by atoms with van der Waals surface area (Å²) >= 11 is 0. The number of hydrogen-bond acceptors (Lipinski definition) is 5. The second-order valence-corrected chi connectivity index (χ2v) is 6.86. The highest BCUT2D eigenvalue weighted by Gasteiger charge is 2.43. The molecule has 0 bridgehead atoms. The Balaban J connectivity index is 1.44. The lowest BCUT2D eigenvalue weighted by molar-refractivity contribution is 0.102. The first-order chi connectivity index (χ1) is 13.6. The van der Waals surface area contributed by atoms with E-state index in [0.29, 0.717) is 40.7 Å². The van der Waals surface area contributed by atoms with Crippen LogP contribution in [-0.2, 0) is 0 Å². The van der Waals surface area contributed by atoms with E-state index in [1.807, 2.05) is 25.1 Å². The number of fused-ring (bicyclic) bond motifs is 1. The topological polar surface area (TPSA) is 85.3 Å². The molecule has 1 aliphatic rings. The van der Waals surface area contributed by atoms with Crippen molar-refractivity contribution in [2.75, 3.05) is 5.32 Å². The van der Waals surface area contributed by atoms with Gasteiger partial charge in [-0.15, -0.1) is 0 Å². The molecular formula is C20H16FN5O2. The van der Waals surface area contributed by atoms with E-state index < -0.39 is 6.17 Å². The van der Waals surface area contributed by atoms with Gasteiger partial charge >= 0.3 is 0 Å². The van der Waals surface area contributed by atoms with Crippen molar-refractivity contribution in [3.63, 3.8) is 0 Å². The van der Waals surface area contributed by atoms with Gasteiger partial charge in [0.25, 0.3) is 5.91 Å². The van der Waals surface area contributed by atoms with Crippen LogP contribution in [-0.4, -0.2) is 31.6 Å². The Bertz CT molecular complexity index is 1200. The maximum Gasteiger partial charge on any atom is 0.272 e. The van der Waals surface area contributed by atoms with Crippen LogP contribution < -0.4 is 5.32 Å². The fraction of sp³-hybridized carbons (Fsp3) is 0.200. The molecule has 2 atom stereocenters. The van der Waals surface area contributed by atoms with E-state index in [1.165, 1.54) is 0 Å². The summed E-state index contributed by atoms with van der Waals surface area (Å²) in [4.78, 5) is 21.3. The number of nitrogens with zero attached hydrogens (tertiary/aromatic N) is 4. The van der Waals surface area contributed by atoms with E-state index in [9.17, 15) is 9.18 Å². The largest absolute Gasteiger partial charge is 0.339 e. The predicted molar refractivity (Wildman–Crippen MR) is 99.9 cm³/mol. The van der Waals surface area contributed by atoms with Gasteiger partial charge in [-0.2, -0.15) is 4.98 Å². The van der Waals surface area contributed by atoms with Gasteiger partial charge in [-0.1, -0.05) is 23.4 Å². The van der Waals surface area contributed by atoms with Crippen molar-refractivity contribution in [1.82, 2.24) is 19.5 Å². The second kappa shape index (κ2) is 6.26. The number of carbonyl (C=O) groups excluding carboxylic acids is 1. The van der Waals surface area contributed by atoms with Crippen molar-refractivity contribution in [2.45, 2.75) is 25.4 Å². The highest BCUT2D eigenvalue weighted by molar-refractivity contribution is 6.04. The number of halogens is 1. The van der Waals surface area contributed by atoms with Crippen LogP contribution in [0, 0.1) is 6.92 Å². The van der Waals surface area contributed by atoms with Gasteiger partial charge in [0, 0.05) is 23.6 Å². The molecule has 1 saturated carbocycles. The van der Waals surface area contributed by atoms with E-state index >= 15 is 0 Å². The van der Waals surface area contributed by atoms with Crippen molar-refractivity contribution >= 4 is 17.2 Å². The Labute approximate surface area is 159 Å². The van der Waals surface area contributed by atoms with Crippen molar-refractivity contribution < 1.29 is 13.7 Å². The standard InChI is InChI=1S/C20H16FN5O2/c1-11-5-6-12(18-24-20(28-25-18)13-10-14(13)21)9-15(11)23-19(27)16-3-2-4-17-22-7-8-26(16)17/h2-9,13-14H,10H2,1H3,(H,23,27)/t13-,14-/m0/s1. The fourth-order valence-corrected chi connectivity index (χ4v) is 3.14. The molecule has 0 unspecified atom stereocenters. The molecule has 1 aromatic carbocycles. The molecule has 3 aromatic heterocycles. The third kappa shape index (κ3) is 2.83. The number of hydrogen-bond donors (Lipinski definition) is 1. The number of imidazole rings is 1. The summed E-state index contributed by atoms with van der Waals surface area (Å²) in [6.45, 7) is 1.90. The zero-order valence-electron chi connectivity index (χ0n) is 15.0. The molecule has 1 amide bonds. The minimum Gasteiger partial charge on any atom is -0.339 e. The molecule has 0 aliphatic heterocycles. The number of alkyl halides is 1. The minimum absolute atomic E-state index is 0.254. The fourth-order valence-electron chi connectivity index (χ4n) is 3.14. The summed E-state index contributed by atoms with van der Waals surface area (Å²) in [6.07, 6.45) is 2.92. The lowest BCUT2D eigenvalue weighted by atomic mass is 10.1. The van der Waals surface area contributed by atoms with Gasteiger partial charge in [0.2, 0.25) is 11.7 Å². The van der Waals surface area contributed by atoms with Gasteiger partial charge in [-0.3, -0.25) is 9.20 Å². The number of nitrogens with one attached hydrogen (secondary N) is 1. The number of carbonyl (C=O) groups is 1. The zero-order valence-corrected chi connectivity index (χ0v) is 15.0. The van der Waals surface area contributed by atoms with Crippen LogP contribution in [0.3, 0.4) is 0 Å². The van der Waals surface area contributed by atoms with Gasteiger partial charge < -0.3 is 9.84 Å². The maximum absolute atomic E-state index is 13.2. The van der Waals surface area contributed by atoms with Crippen LogP contribution in [0.25, 0.3) is 17.0 Å². The Kier molecular flexibility index (Phi) is 3.71. The number of anilines is 1. The average Bonchev–Trinajstić information content (AvgIpc) is 3.11. The molecular weight excluding hydrogens is 361 g/mol. The summed E-state index contributed by atoms with van der Waals surface area (Å²) in [5.74, 6) is 0.152. The molecule has 8 heteroatoms. The monoisotopic (exact) mass is 377 g/mol. The Morgan fingerprint density at radius 3 is 3.00 bits per heavy atom. The maximum atomic E-state index is 13.2. The molecule has 28 heavy (non-hydrogen) atoms. The quantitative estimate of drug-likeness (QED) is 0.585. The van der Waals surface area contributed by atoms with Crippen LogP contribution in [0.4, 0.5) is 10.1 Å². The number of pyridine rings is 1. The smallest absolute Gasteiger partial charge is 0.272 e. The lowest BCUT2D eigenvalue weighted by Crippen LogP contribution is -2.16. The third-order valence-electron chi connectivity index (χ3n) is 4.88. The summed E-state index contributed by atoms with van der Waals surface area (Å²) in [6, 6.07) is 10.9. The highest BCUT2D eigenvalue weighted by atomic mass is 19.1. The van der Waals surface area contributed by atoms with Crippen LogP contribution in [0.15, 0.2) is 53.3 Å². The number of aryl methyl sites for hydroxylation is 1. The number of aromatic nitrogens is 4. The lowest BCUT2D eigenvalue weighted by Gasteiger charge is -2.10. The van der Waals surface area contributed by atoms with Gasteiger partial charge in [0.15, 0.2) is 0 Å². The van der Waals surface area contributed by atoms with Crippen LogP contribution >= 0.6 is 0 Å². The van der Waals surface area contributed by atoms with Crippen molar-refractivity contribution in [2.24, 2.45) is 0 Å². The van der Waals surface area contributed by atoms with E-state index in [2.05, 4.69) is 20.4 Å². The first-order valence-electron chi connectivity index (χ1n) is 8.92. The molecule has 0 radical (unpaired) electrons. The van der Waals surface area contributed by atoms with Crippen LogP contribution in [0.5, 0.6) is 0 Å². The summed E-state index contributed by atoms with van der Waals surface area (Å²) in [5, 5.41) is 6.88. The van der Waals surface area contributed by atoms with Gasteiger partial charge in [-0.25, -0.2) is 9.37 Å². The summed E-state index contributed by atoms with van der Waals surface area (Å²) < 4.78 is 20.1. The predicted octanol–water partition coefficient (Wildman–Crippen LogP) is 3.77. The number of amides is 1. The molecule has 1 N–H and O–H groups in total. The molecule has 0 saturated heterocycles. The van der Waals surface area contributed by atoms with E-state index in [0.717, 1.165) is 5.56 Å². The summed E-state index contributed by atoms with van der Waals surface area (Å²) in [7, 11) is 0. The number of benzene rings is 1. The molecule has 140 valence electrons. The Morgan fingerprint density at radius 1 is 1.32 bits per heavy atom. The Morgan fingerprint density at radius 2 is 2.18 bits per heavy atom. The van der Waals surface area contributed by atoms with Crippen molar-refractivity contribution in [3.05, 3.63) is 65.9 Å². The zero-order chi connectivity index (χ0) is 19.3. The molecule has 1 aliphatic carbocycles. The molecule has 1 fully saturated rings. The average molecular weight is 377 g/mol. The highest BCUT2D eigenvalue weighted by Crippen LogP contribution is 2.43. The van der Waals surface area contributed by atoms with Gasteiger partial charge in [0.1, 0.15) is 17.5 Å². The SMILES string of the molecule is Cc1ccc(-c2noc([C@H]3C[C@@H]3F)n2)cc1NC(=O)c1cccc2nccn12. The third-order valence-corrected chi connectivity index (χ3v) is 4.88. The van der Waals surface area contributed by atoms with E-state index in [-0.39, 0.29) is 11.8 Å². The Hall–Kier alpha value is -3.55. The molecule has 4 aromatic rings. The van der Waals surface area contributed by atoms with E-state index in [1.54, 1.807) is 35.0 Å². The normalized spacial score (nSPS) is 18.4. The van der Waals surface area contributed by atoms with E-state index in [4.69, 9.17) is 4.52 Å². The minimum atomic E-state index is -0.896. The molecule has 7 nitrogen and oxygen atoms in total. The second-order valence-electron chi connectivity index (χ2n) is 6.86. The van der Waals surface area contributed by atoms with Crippen LogP contribution in [0.2, 0.25) is 0 Å². The van der Waals surface area contributed by atoms with Crippen molar-refractivity contribution in [1.29, 1.82) is 0 Å². The first kappa shape index (κ1) is 16.6. The van der Waals surface area contributed by atoms with Crippen molar-refractivity contribution in [3.8, 4) is 11.4 Å². The van der Waals surface area contributed by atoms with Crippen LogP contribution in [0.1, 0.15) is 34.3 Å². The molecule has 3 heterocycles. The van der Waals surface area contributed by atoms with Gasteiger partial charge in [0.05, 0.1) is 5.92 Å².